The molecule has 1 aromatic carbocycles. The van der Waals surface area contributed by atoms with E-state index < -0.39 is 10.2 Å². The van der Waals surface area contributed by atoms with Crippen LogP contribution in [0, 0.1) is 0 Å². The third-order valence-electron chi connectivity index (χ3n) is 5.64. The Kier molecular flexibility index (Phi) is 7.06. The van der Waals surface area contributed by atoms with Crippen molar-refractivity contribution in [3.8, 4) is 5.75 Å². The minimum Gasteiger partial charge on any atom is -0.490 e. The van der Waals surface area contributed by atoms with E-state index in [2.05, 4.69) is 5.32 Å². The topological polar surface area (TPSA) is 88.2 Å². The molecule has 0 aromatic heterocycles. The first-order valence-corrected chi connectivity index (χ1v) is 11.9. The Morgan fingerprint density at radius 1 is 1.17 bits per heavy atom. The Bertz CT molecular complexity index is 831. The second-order valence-corrected chi connectivity index (χ2v) is 10.9. The van der Waals surface area contributed by atoms with Gasteiger partial charge in [0.05, 0.1) is 5.60 Å². The highest BCUT2D eigenvalue weighted by Crippen LogP contribution is 2.25. The molecule has 0 saturated carbocycles. The van der Waals surface area contributed by atoms with Gasteiger partial charge in [0.2, 0.25) is 0 Å². The molecule has 2 aliphatic heterocycles. The lowest BCUT2D eigenvalue weighted by molar-refractivity contribution is -0.0615. The molecule has 0 radical (unpaired) electrons. The van der Waals surface area contributed by atoms with Crippen LogP contribution in [0.15, 0.2) is 24.3 Å². The largest absolute Gasteiger partial charge is 0.490 e. The van der Waals surface area contributed by atoms with Gasteiger partial charge < -0.3 is 14.8 Å². The summed E-state index contributed by atoms with van der Waals surface area (Å²) in [6, 6.07) is 7.24. The molecule has 2 fully saturated rings. The van der Waals surface area contributed by atoms with Gasteiger partial charge in [0.25, 0.3) is 16.1 Å². The highest BCUT2D eigenvalue weighted by Gasteiger charge is 2.31. The molecule has 8 nitrogen and oxygen atoms in total. The summed E-state index contributed by atoms with van der Waals surface area (Å²) >= 11 is 0. The zero-order chi connectivity index (χ0) is 21.9. The molecule has 3 rings (SSSR count). The summed E-state index contributed by atoms with van der Waals surface area (Å²) in [4.78, 5) is 12.6. The first-order valence-electron chi connectivity index (χ1n) is 10.5. The van der Waals surface area contributed by atoms with Gasteiger partial charge in [0.15, 0.2) is 0 Å². The molecular formula is C21H33N3O5S. The molecule has 0 spiro atoms. The van der Waals surface area contributed by atoms with Gasteiger partial charge in [-0.1, -0.05) is 0 Å². The van der Waals surface area contributed by atoms with Crippen molar-refractivity contribution in [2.24, 2.45) is 0 Å². The van der Waals surface area contributed by atoms with Crippen LogP contribution in [0.25, 0.3) is 0 Å². The van der Waals surface area contributed by atoms with Gasteiger partial charge in [-0.2, -0.15) is 17.0 Å². The zero-order valence-electron chi connectivity index (χ0n) is 18.3. The molecule has 2 heterocycles. The molecule has 1 aromatic rings. The maximum absolute atomic E-state index is 12.6. The second-order valence-electron chi connectivity index (χ2n) is 8.80. The molecule has 9 heteroatoms. The second kappa shape index (κ2) is 9.21. The number of nitrogens with one attached hydrogen (secondary N) is 1. The average Bonchev–Trinajstić information content (AvgIpc) is 2.68. The summed E-state index contributed by atoms with van der Waals surface area (Å²) < 4.78 is 38.8. The van der Waals surface area contributed by atoms with E-state index in [-0.39, 0.29) is 23.7 Å². The van der Waals surface area contributed by atoms with Gasteiger partial charge in [-0.15, -0.1) is 0 Å². The van der Waals surface area contributed by atoms with Crippen LogP contribution >= 0.6 is 0 Å². The number of ether oxygens (including phenoxy) is 2. The maximum Gasteiger partial charge on any atom is 0.281 e. The van der Waals surface area contributed by atoms with Crippen molar-refractivity contribution in [3.05, 3.63) is 29.8 Å². The smallest absolute Gasteiger partial charge is 0.281 e. The van der Waals surface area contributed by atoms with Crippen LogP contribution in [-0.2, 0) is 14.9 Å². The minimum atomic E-state index is -3.37. The summed E-state index contributed by atoms with van der Waals surface area (Å²) in [5.74, 6) is 0.596. The van der Waals surface area contributed by atoms with E-state index in [4.69, 9.17) is 9.47 Å². The molecule has 1 amide bonds. The van der Waals surface area contributed by atoms with Crippen LogP contribution in [0.3, 0.4) is 0 Å². The normalized spacial score (nSPS) is 23.3. The van der Waals surface area contributed by atoms with Crippen molar-refractivity contribution in [3.63, 3.8) is 0 Å². The van der Waals surface area contributed by atoms with Crippen LogP contribution in [0.1, 0.15) is 49.9 Å². The predicted octanol–water partition coefficient (Wildman–Crippen LogP) is 2.02. The summed E-state index contributed by atoms with van der Waals surface area (Å²) in [5.41, 5.74) is 0.383. The number of carbonyl (C=O) groups excluding carboxylic acids is 1. The van der Waals surface area contributed by atoms with E-state index in [0.717, 1.165) is 12.8 Å². The first-order chi connectivity index (χ1) is 14.1. The standard InChI is InChI=1S/C21H33N3O5S/c1-21(2)15-17(11-14-28-21)22-20(25)16-5-7-18(8-6-16)29-19-9-12-24(13-10-19)30(26,27)23(3)4/h5-8,17,19H,9-15H2,1-4H3,(H,22,25)/t17-/m0/s1. The Morgan fingerprint density at radius 2 is 1.80 bits per heavy atom. The van der Waals surface area contributed by atoms with Crippen molar-refractivity contribution < 1.29 is 22.7 Å². The van der Waals surface area contributed by atoms with E-state index in [1.165, 1.54) is 8.61 Å². The van der Waals surface area contributed by atoms with Crippen LogP contribution in [-0.4, -0.2) is 74.5 Å². The van der Waals surface area contributed by atoms with E-state index in [0.29, 0.717) is 43.9 Å². The van der Waals surface area contributed by atoms with Gasteiger partial charge in [-0.3, -0.25) is 4.79 Å². The van der Waals surface area contributed by atoms with E-state index in [1.807, 2.05) is 13.8 Å². The number of piperidine rings is 1. The Morgan fingerprint density at radius 3 is 2.37 bits per heavy atom. The molecule has 0 unspecified atom stereocenters. The van der Waals surface area contributed by atoms with Gasteiger partial charge in [0, 0.05) is 45.4 Å². The molecule has 0 bridgehead atoms. The number of amides is 1. The van der Waals surface area contributed by atoms with Crippen molar-refractivity contribution in [2.75, 3.05) is 33.8 Å². The van der Waals surface area contributed by atoms with Gasteiger partial charge in [-0.05, 0) is 63.8 Å². The quantitative estimate of drug-likeness (QED) is 0.733. The molecule has 1 N–H and O–H groups in total. The average molecular weight is 440 g/mol. The SMILES string of the molecule is CN(C)S(=O)(=O)N1CCC(Oc2ccc(C(=O)N[C@H]3CCOC(C)(C)C3)cc2)CC1. The lowest BCUT2D eigenvalue weighted by Crippen LogP contribution is -2.46. The van der Waals surface area contributed by atoms with Crippen LogP contribution < -0.4 is 10.1 Å². The van der Waals surface area contributed by atoms with E-state index in [9.17, 15) is 13.2 Å². The van der Waals surface area contributed by atoms with Crippen molar-refractivity contribution >= 4 is 16.1 Å². The minimum absolute atomic E-state index is 0.0391. The van der Waals surface area contributed by atoms with Gasteiger partial charge in [-0.25, -0.2) is 0 Å². The number of hydrogen-bond donors (Lipinski definition) is 1. The number of nitrogens with zero attached hydrogens (tertiary/aromatic N) is 2. The van der Waals surface area contributed by atoms with Gasteiger partial charge >= 0.3 is 0 Å². The fourth-order valence-corrected chi connectivity index (χ4v) is 5.05. The lowest BCUT2D eigenvalue weighted by Gasteiger charge is -2.35. The number of hydrogen-bond acceptors (Lipinski definition) is 5. The fourth-order valence-electron chi connectivity index (χ4n) is 3.91. The van der Waals surface area contributed by atoms with Gasteiger partial charge in [0.1, 0.15) is 11.9 Å². The third-order valence-corrected chi connectivity index (χ3v) is 7.58. The fraction of sp³-hybridized carbons (Fsp3) is 0.667. The lowest BCUT2D eigenvalue weighted by atomic mass is 9.94. The summed E-state index contributed by atoms with van der Waals surface area (Å²) in [6.45, 7) is 5.61. The predicted molar refractivity (Wildman–Crippen MR) is 115 cm³/mol. The van der Waals surface area contributed by atoms with Crippen molar-refractivity contribution in [2.45, 2.75) is 57.3 Å². The highest BCUT2D eigenvalue weighted by molar-refractivity contribution is 7.86. The summed E-state index contributed by atoms with van der Waals surface area (Å²) in [5, 5.41) is 3.09. The number of rotatable bonds is 6. The summed E-state index contributed by atoms with van der Waals surface area (Å²) in [6.07, 6.45) is 2.84. The van der Waals surface area contributed by atoms with Crippen molar-refractivity contribution in [1.29, 1.82) is 0 Å². The Hall–Kier alpha value is -1.68. The molecule has 2 saturated heterocycles. The Labute approximate surface area is 179 Å². The zero-order valence-corrected chi connectivity index (χ0v) is 19.1. The van der Waals surface area contributed by atoms with E-state index in [1.54, 1.807) is 38.4 Å². The highest BCUT2D eigenvalue weighted by atomic mass is 32.2. The third kappa shape index (κ3) is 5.72. The van der Waals surface area contributed by atoms with Crippen LogP contribution in [0.5, 0.6) is 5.75 Å². The molecule has 30 heavy (non-hydrogen) atoms. The number of carbonyl (C=O) groups is 1. The molecule has 1 atom stereocenters. The molecule has 0 aliphatic carbocycles. The van der Waals surface area contributed by atoms with Crippen LogP contribution in [0.4, 0.5) is 0 Å². The molecule has 168 valence electrons. The van der Waals surface area contributed by atoms with E-state index >= 15 is 0 Å². The number of benzene rings is 1. The summed E-state index contributed by atoms with van der Waals surface area (Å²) in [7, 11) is -0.292. The Balaban J connectivity index is 1.50. The van der Waals surface area contributed by atoms with Crippen LogP contribution in [0.2, 0.25) is 0 Å². The first kappa shape index (κ1) is 23.0. The monoisotopic (exact) mass is 439 g/mol. The molecule has 2 aliphatic rings. The maximum atomic E-state index is 12.6. The van der Waals surface area contributed by atoms with Crippen molar-refractivity contribution in [1.82, 2.24) is 13.9 Å². The molecular weight excluding hydrogens is 406 g/mol.